The molecule has 0 aliphatic carbocycles. The number of Topliss-reactive ketones (excluding diaryl/α,β-unsaturated/α-hetero) is 1. The number of rotatable bonds is 4. The molecule has 1 aliphatic rings. The highest BCUT2D eigenvalue weighted by atomic mass is 32.2. The largest absolute Gasteiger partial charge is 0.299 e. The first-order chi connectivity index (χ1) is 8.66. The van der Waals surface area contributed by atoms with E-state index in [9.17, 15) is 4.79 Å². The van der Waals surface area contributed by atoms with Crippen LogP contribution in [0.2, 0.25) is 0 Å². The maximum Gasteiger partial charge on any atom is 0.138 e. The highest BCUT2D eigenvalue weighted by molar-refractivity contribution is 7.97. The van der Waals surface area contributed by atoms with Crippen molar-refractivity contribution in [3.63, 3.8) is 0 Å². The van der Waals surface area contributed by atoms with Gasteiger partial charge < -0.3 is 0 Å². The molecule has 4 heteroatoms. The van der Waals surface area contributed by atoms with Crippen LogP contribution in [0.25, 0.3) is 0 Å². The highest BCUT2D eigenvalue weighted by Crippen LogP contribution is 2.29. The van der Waals surface area contributed by atoms with Crippen LogP contribution in [0, 0.1) is 11.8 Å². The summed E-state index contributed by atoms with van der Waals surface area (Å²) >= 11 is 1.77. The van der Waals surface area contributed by atoms with Gasteiger partial charge in [0.2, 0.25) is 0 Å². The van der Waals surface area contributed by atoms with E-state index in [2.05, 4.69) is 9.29 Å². The van der Waals surface area contributed by atoms with E-state index in [0.29, 0.717) is 5.78 Å². The van der Waals surface area contributed by atoms with Gasteiger partial charge in [0, 0.05) is 42.2 Å². The summed E-state index contributed by atoms with van der Waals surface area (Å²) in [5.41, 5.74) is 0. The monoisotopic (exact) mass is 264 g/mol. The summed E-state index contributed by atoms with van der Waals surface area (Å²) < 4.78 is 2.35. The van der Waals surface area contributed by atoms with Gasteiger partial charge in [0.25, 0.3) is 0 Å². The van der Waals surface area contributed by atoms with Crippen molar-refractivity contribution < 1.29 is 4.79 Å². The standard InChI is InChI=1S/C14H20N2OS/c1-11(2)14(17)12-5-9-16(10-6-12)18-13-3-7-15-8-4-13/h3-4,7-8,11-12H,5-6,9-10H2,1-2H3. The maximum absolute atomic E-state index is 11.9. The third kappa shape index (κ3) is 3.56. The zero-order valence-corrected chi connectivity index (χ0v) is 11.8. The van der Waals surface area contributed by atoms with Crippen LogP contribution in [0.3, 0.4) is 0 Å². The Kier molecular flexibility index (Phi) is 4.78. The molecule has 2 heterocycles. The topological polar surface area (TPSA) is 33.2 Å². The molecule has 0 spiro atoms. The SMILES string of the molecule is CC(C)C(=O)C1CCN(Sc2ccncc2)CC1. The number of carbonyl (C=O) groups excluding carboxylic acids is 1. The quantitative estimate of drug-likeness (QED) is 0.783. The number of carbonyl (C=O) groups is 1. The van der Waals surface area contributed by atoms with E-state index in [-0.39, 0.29) is 11.8 Å². The minimum atomic E-state index is 0.175. The van der Waals surface area contributed by atoms with Crippen LogP contribution in [-0.4, -0.2) is 28.2 Å². The van der Waals surface area contributed by atoms with Crippen molar-refractivity contribution in [2.75, 3.05) is 13.1 Å². The molecule has 1 aliphatic heterocycles. The van der Waals surface area contributed by atoms with Gasteiger partial charge in [-0.25, -0.2) is 4.31 Å². The van der Waals surface area contributed by atoms with Gasteiger partial charge >= 0.3 is 0 Å². The van der Waals surface area contributed by atoms with E-state index in [1.54, 1.807) is 11.9 Å². The summed E-state index contributed by atoms with van der Waals surface area (Å²) in [7, 11) is 0. The van der Waals surface area contributed by atoms with Crippen molar-refractivity contribution in [3.05, 3.63) is 24.5 Å². The van der Waals surface area contributed by atoms with E-state index in [1.165, 1.54) is 4.90 Å². The van der Waals surface area contributed by atoms with Crippen molar-refractivity contribution in [1.29, 1.82) is 0 Å². The summed E-state index contributed by atoms with van der Waals surface area (Å²) in [6.45, 7) is 5.99. The molecular weight excluding hydrogens is 244 g/mol. The fourth-order valence-electron chi connectivity index (χ4n) is 2.25. The van der Waals surface area contributed by atoms with Crippen LogP contribution >= 0.6 is 11.9 Å². The van der Waals surface area contributed by atoms with Gasteiger partial charge in [-0.05, 0) is 36.9 Å². The lowest BCUT2D eigenvalue weighted by atomic mass is 9.88. The number of aromatic nitrogens is 1. The predicted octanol–water partition coefficient (Wildman–Crippen LogP) is 3.03. The van der Waals surface area contributed by atoms with Crippen LogP contribution in [0.4, 0.5) is 0 Å². The van der Waals surface area contributed by atoms with E-state index >= 15 is 0 Å². The van der Waals surface area contributed by atoms with Crippen molar-refractivity contribution in [3.8, 4) is 0 Å². The average molecular weight is 264 g/mol. The zero-order chi connectivity index (χ0) is 13.0. The number of hydrogen-bond acceptors (Lipinski definition) is 4. The fraction of sp³-hybridized carbons (Fsp3) is 0.571. The summed E-state index contributed by atoms with van der Waals surface area (Å²) in [6, 6.07) is 4.05. The van der Waals surface area contributed by atoms with E-state index < -0.39 is 0 Å². The maximum atomic E-state index is 11.9. The van der Waals surface area contributed by atoms with Gasteiger partial charge in [-0.15, -0.1) is 0 Å². The van der Waals surface area contributed by atoms with Gasteiger partial charge in [0.05, 0.1) is 0 Å². The Hall–Kier alpha value is -0.870. The van der Waals surface area contributed by atoms with E-state index in [0.717, 1.165) is 25.9 Å². The second kappa shape index (κ2) is 6.34. The molecule has 1 aromatic heterocycles. The molecule has 1 aromatic rings. The molecule has 0 bridgehead atoms. The Morgan fingerprint density at radius 2 is 1.94 bits per heavy atom. The Balaban J connectivity index is 1.82. The normalized spacial score (nSPS) is 18.2. The van der Waals surface area contributed by atoms with Gasteiger partial charge in [-0.1, -0.05) is 13.8 Å². The first kappa shape index (κ1) is 13.6. The molecule has 0 amide bonds. The number of hydrogen-bond donors (Lipinski definition) is 0. The Labute approximate surface area is 113 Å². The molecule has 98 valence electrons. The van der Waals surface area contributed by atoms with E-state index in [1.807, 2.05) is 38.4 Å². The molecule has 0 N–H and O–H groups in total. The Morgan fingerprint density at radius 3 is 2.50 bits per heavy atom. The minimum Gasteiger partial charge on any atom is -0.299 e. The van der Waals surface area contributed by atoms with Crippen molar-refractivity contribution >= 4 is 17.7 Å². The van der Waals surface area contributed by atoms with Crippen molar-refractivity contribution in [2.45, 2.75) is 31.6 Å². The first-order valence-electron chi connectivity index (χ1n) is 6.53. The first-order valence-corrected chi connectivity index (χ1v) is 7.31. The van der Waals surface area contributed by atoms with Crippen molar-refractivity contribution in [1.82, 2.24) is 9.29 Å². The third-order valence-corrected chi connectivity index (χ3v) is 4.42. The van der Waals surface area contributed by atoms with Gasteiger partial charge in [-0.2, -0.15) is 0 Å². The minimum absolute atomic E-state index is 0.175. The average Bonchev–Trinajstić information content (AvgIpc) is 2.40. The number of piperidine rings is 1. The van der Waals surface area contributed by atoms with Gasteiger partial charge in [-0.3, -0.25) is 9.78 Å². The summed E-state index contributed by atoms with van der Waals surface area (Å²) in [5.74, 6) is 0.886. The number of nitrogens with zero attached hydrogens (tertiary/aromatic N) is 2. The fourth-order valence-corrected chi connectivity index (χ4v) is 3.19. The Morgan fingerprint density at radius 1 is 1.33 bits per heavy atom. The number of pyridine rings is 1. The molecule has 0 radical (unpaired) electrons. The summed E-state index contributed by atoms with van der Waals surface area (Å²) in [5, 5.41) is 0. The molecule has 1 fully saturated rings. The van der Waals surface area contributed by atoms with Crippen molar-refractivity contribution in [2.24, 2.45) is 11.8 Å². The lowest BCUT2D eigenvalue weighted by molar-refractivity contribution is -0.126. The molecule has 0 aromatic carbocycles. The summed E-state index contributed by atoms with van der Waals surface area (Å²) in [6.07, 6.45) is 5.62. The predicted molar refractivity (Wildman–Crippen MR) is 74.2 cm³/mol. The molecule has 0 unspecified atom stereocenters. The van der Waals surface area contributed by atoms with Crippen LogP contribution in [-0.2, 0) is 4.79 Å². The van der Waals surface area contributed by atoms with Gasteiger partial charge in [0.15, 0.2) is 0 Å². The van der Waals surface area contributed by atoms with E-state index in [4.69, 9.17) is 0 Å². The molecule has 0 atom stereocenters. The third-order valence-electron chi connectivity index (χ3n) is 3.31. The molecule has 18 heavy (non-hydrogen) atoms. The molecule has 0 saturated carbocycles. The molecular formula is C14H20N2OS. The summed E-state index contributed by atoms with van der Waals surface area (Å²) in [4.78, 5) is 17.2. The molecule has 1 saturated heterocycles. The molecule has 3 nitrogen and oxygen atoms in total. The lowest BCUT2D eigenvalue weighted by Gasteiger charge is -2.30. The Bertz CT molecular complexity index is 386. The highest BCUT2D eigenvalue weighted by Gasteiger charge is 2.26. The number of ketones is 1. The van der Waals surface area contributed by atoms with Crippen LogP contribution in [0.15, 0.2) is 29.4 Å². The second-order valence-corrected chi connectivity index (χ2v) is 6.20. The smallest absolute Gasteiger partial charge is 0.138 e. The lowest BCUT2D eigenvalue weighted by Crippen LogP contribution is -2.33. The van der Waals surface area contributed by atoms with Crippen LogP contribution in [0.5, 0.6) is 0 Å². The molecule has 2 rings (SSSR count). The zero-order valence-electron chi connectivity index (χ0n) is 11.0. The second-order valence-electron chi connectivity index (χ2n) is 5.03. The van der Waals surface area contributed by atoms with Crippen LogP contribution in [0.1, 0.15) is 26.7 Å². The van der Waals surface area contributed by atoms with Gasteiger partial charge in [0.1, 0.15) is 5.78 Å². The van der Waals surface area contributed by atoms with Crippen LogP contribution < -0.4 is 0 Å².